The van der Waals surface area contributed by atoms with Crippen LogP contribution in [0.25, 0.3) is 0 Å². The van der Waals surface area contributed by atoms with Crippen molar-refractivity contribution in [2.45, 2.75) is 31.7 Å². The van der Waals surface area contributed by atoms with Gasteiger partial charge in [0.1, 0.15) is 0 Å². The molecule has 0 aliphatic rings. The lowest BCUT2D eigenvalue weighted by atomic mass is 10.0. The molecule has 0 bridgehead atoms. The Kier molecular flexibility index (Phi) is 4.51. The zero-order valence-electron chi connectivity index (χ0n) is 9.68. The smallest absolute Gasteiger partial charge is 0.317 e. The molecule has 17 heavy (non-hydrogen) atoms. The van der Waals surface area contributed by atoms with Gasteiger partial charge in [-0.3, -0.25) is 0 Å². The van der Waals surface area contributed by atoms with Crippen LogP contribution in [-0.2, 0) is 12.3 Å². The zero-order valence-corrected chi connectivity index (χ0v) is 9.68. The Morgan fingerprint density at radius 3 is 2.47 bits per heavy atom. The first-order valence-electron chi connectivity index (χ1n) is 5.30. The molecule has 0 aromatic heterocycles. The molecule has 0 amide bonds. The van der Waals surface area contributed by atoms with Gasteiger partial charge in [0.05, 0.1) is 0 Å². The third-order valence-electron chi connectivity index (χ3n) is 2.62. The Hall–Kier alpha value is -1.10. The third kappa shape index (κ3) is 3.43. The molecular formula is C12H15F4N. The number of likely N-dealkylation sites (N-methyl/N-ethyl adjacent to an activating group) is 1. The van der Waals surface area contributed by atoms with Gasteiger partial charge in [0.25, 0.3) is 0 Å². The van der Waals surface area contributed by atoms with Gasteiger partial charge in [0, 0.05) is 11.6 Å². The second-order valence-corrected chi connectivity index (χ2v) is 4.02. The van der Waals surface area contributed by atoms with Crippen LogP contribution in [0.2, 0.25) is 0 Å². The number of halogens is 4. The fourth-order valence-electron chi connectivity index (χ4n) is 1.49. The summed E-state index contributed by atoms with van der Waals surface area (Å²) in [6, 6.07) is 5.30. The standard InChI is InChI=1S/C12H15F4N/c1-8(17-2)6-9-4-3-5-10(7-9)12(15,16)11(13)14/h3-5,7-8,11,17H,6H2,1-2H3. The van der Waals surface area contributed by atoms with E-state index in [9.17, 15) is 17.6 Å². The van der Waals surface area contributed by atoms with Crippen molar-refractivity contribution < 1.29 is 17.6 Å². The molecule has 0 fully saturated rings. The Bertz CT molecular complexity index is 365. The fourth-order valence-corrected chi connectivity index (χ4v) is 1.49. The molecule has 96 valence electrons. The van der Waals surface area contributed by atoms with Crippen LogP contribution in [0.5, 0.6) is 0 Å². The summed E-state index contributed by atoms with van der Waals surface area (Å²) in [5, 5.41) is 2.96. The van der Waals surface area contributed by atoms with Gasteiger partial charge in [-0.1, -0.05) is 18.2 Å². The van der Waals surface area contributed by atoms with Gasteiger partial charge in [-0.05, 0) is 32.0 Å². The topological polar surface area (TPSA) is 12.0 Å². The normalized spacial score (nSPS) is 14.1. The summed E-state index contributed by atoms with van der Waals surface area (Å²) in [4.78, 5) is 0. The SMILES string of the molecule is CNC(C)Cc1cccc(C(F)(F)C(F)F)c1. The maximum Gasteiger partial charge on any atom is 0.332 e. The second-order valence-electron chi connectivity index (χ2n) is 4.02. The van der Waals surface area contributed by atoms with E-state index in [1.165, 1.54) is 6.07 Å². The number of nitrogens with one attached hydrogen (secondary N) is 1. The molecule has 1 nitrogen and oxygen atoms in total. The highest BCUT2D eigenvalue weighted by Crippen LogP contribution is 2.34. The van der Waals surface area contributed by atoms with Crippen molar-refractivity contribution in [1.82, 2.24) is 5.32 Å². The van der Waals surface area contributed by atoms with Crippen molar-refractivity contribution in [3.05, 3.63) is 35.4 Å². The van der Waals surface area contributed by atoms with Gasteiger partial charge >= 0.3 is 12.3 Å². The number of alkyl halides is 4. The molecule has 0 aliphatic carbocycles. The molecule has 0 saturated carbocycles. The van der Waals surface area contributed by atoms with E-state index >= 15 is 0 Å². The average molecular weight is 249 g/mol. The maximum atomic E-state index is 13.1. The third-order valence-corrected chi connectivity index (χ3v) is 2.62. The van der Waals surface area contributed by atoms with Crippen LogP contribution in [0.1, 0.15) is 18.1 Å². The van der Waals surface area contributed by atoms with Gasteiger partial charge < -0.3 is 5.32 Å². The molecule has 0 aliphatic heterocycles. The van der Waals surface area contributed by atoms with E-state index in [2.05, 4.69) is 5.32 Å². The number of benzene rings is 1. The molecule has 1 atom stereocenters. The highest BCUT2D eigenvalue weighted by molar-refractivity contribution is 5.28. The molecule has 1 aromatic carbocycles. The van der Waals surface area contributed by atoms with Crippen LogP contribution in [0.15, 0.2) is 24.3 Å². The lowest BCUT2D eigenvalue weighted by molar-refractivity contribution is -0.135. The van der Waals surface area contributed by atoms with E-state index < -0.39 is 17.9 Å². The quantitative estimate of drug-likeness (QED) is 0.790. The van der Waals surface area contributed by atoms with Gasteiger partial charge in [0.2, 0.25) is 0 Å². The Labute approximate surface area is 97.8 Å². The lowest BCUT2D eigenvalue weighted by Gasteiger charge is -2.17. The van der Waals surface area contributed by atoms with E-state index in [0.29, 0.717) is 12.0 Å². The highest BCUT2D eigenvalue weighted by atomic mass is 19.3. The van der Waals surface area contributed by atoms with Crippen molar-refractivity contribution in [2.24, 2.45) is 0 Å². The van der Waals surface area contributed by atoms with Crippen molar-refractivity contribution in [3.8, 4) is 0 Å². The summed E-state index contributed by atoms with van der Waals surface area (Å²) in [5.74, 6) is -4.08. The summed E-state index contributed by atoms with van der Waals surface area (Å²) in [7, 11) is 1.75. The summed E-state index contributed by atoms with van der Waals surface area (Å²) in [6.45, 7) is 1.89. The van der Waals surface area contributed by atoms with Gasteiger partial charge in [-0.2, -0.15) is 8.78 Å². The second kappa shape index (κ2) is 5.49. The van der Waals surface area contributed by atoms with E-state index in [0.717, 1.165) is 12.1 Å². The summed E-state index contributed by atoms with van der Waals surface area (Å²) < 4.78 is 50.6. The first-order valence-corrected chi connectivity index (χ1v) is 5.30. The van der Waals surface area contributed by atoms with Crippen molar-refractivity contribution in [2.75, 3.05) is 7.05 Å². The minimum Gasteiger partial charge on any atom is -0.317 e. The van der Waals surface area contributed by atoms with E-state index in [1.54, 1.807) is 13.1 Å². The van der Waals surface area contributed by atoms with Crippen LogP contribution in [0.3, 0.4) is 0 Å². The van der Waals surface area contributed by atoms with Crippen LogP contribution in [0, 0.1) is 0 Å². The highest BCUT2D eigenvalue weighted by Gasteiger charge is 2.42. The molecule has 0 radical (unpaired) electrons. The monoisotopic (exact) mass is 249 g/mol. The number of rotatable bonds is 5. The first kappa shape index (κ1) is 14.0. The number of hydrogen-bond acceptors (Lipinski definition) is 1. The Morgan fingerprint density at radius 2 is 1.94 bits per heavy atom. The van der Waals surface area contributed by atoms with E-state index in [-0.39, 0.29) is 6.04 Å². The van der Waals surface area contributed by atoms with Crippen molar-refractivity contribution in [1.29, 1.82) is 0 Å². The molecule has 0 saturated heterocycles. The van der Waals surface area contributed by atoms with Crippen LogP contribution >= 0.6 is 0 Å². The minimum atomic E-state index is -4.08. The van der Waals surface area contributed by atoms with E-state index in [4.69, 9.17) is 0 Å². The van der Waals surface area contributed by atoms with Crippen LogP contribution < -0.4 is 5.32 Å². The summed E-state index contributed by atoms with van der Waals surface area (Å²) >= 11 is 0. The van der Waals surface area contributed by atoms with Crippen molar-refractivity contribution in [3.63, 3.8) is 0 Å². The maximum absolute atomic E-state index is 13.1. The first-order chi connectivity index (χ1) is 7.87. The molecule has 1 N–H and O–H groups in total. The zero-order chi connectivity index (χ0) is 13.1. The molecule has 0 spiro atoms. The van der Waals surface area contributed by atoms with Crippen LogP contribution in [-0.4, -0.2) is 19.5 Å². The Balaban J connectivity index is 2.93. The number of hydrogen-bond donors (Lipinski definition) is 1. The Morgan fingerprint density at radius 1 is 1.29 bits per heavy atom. The molecule has 1 rings (SSSR count). The minimum absolute atomic E-state index is 0.102. The molecule has 0 heterocycles. The van der Waals surface area contributed by atoms with Gasteiger partial charge in [0.15, 0.2) is 0 Å². The molecule has 1 unspecified atom stereocenters. The van der Waals surface area contributed by atoms with Crippen LogP contribution in [0.4, 0.5) is 17.6 Å². The molecular weight excluding hydrogens is 234 g/mol. The predicted octanol–water partition coefficient (Wildman–Crippen LogP) is 3.19. The summed E-state index contributed by atoms with van der Waals surface area (Å²) in [5.41, 5.74) is -0.0158. The van der Waals surface area contributed by atoms with Gasteiger partial charge in [-0.15, -0.1) is 0 Å². The fraction of sp³-hybridized carbons (Fsp3) is 0.500. The molecule has 1 aromatic rings. The lowest BCUT2D eigenvalue weighted by Crippen LogP contribution is -2.25. The summed E-state index contributed by atoms with van der Waals surface area (Å²) in [6.07, 6.45) is -3.16. The largest absolute Gasteiger partial charge is 0.332 e. The average Bonchev–Trinajstić information content (AvgIpc) is 2.29. The predicted molar refractivity (Wildman–Crippen MR) is 58.6 cm³/mol. The van der Waals surface area contributed by atoms with Gasteiger partial charge in [-0.25, -0.2) is 8.78 Å². The van der Waals surface area contributed by atoms with Crippen molar-refractivity contribution >= 4 is 0 Å². The molecule has 5 heteroatoms. The van der Waals surface area contributed by atoms with E-state index in [1.807, 2.05) is 6.92 Å².